The molecule has 1 atom stereocenters. The normalized spacial score (nSPS) is 12.5. The van der Waals surface area contributed by atoms with Gasteiger partial charge in [0.05, 0.1) is 26.2 Å². The van der Waals surface area contributed by atoms with Gasteiger partial charge in [-0.1, -0.05) is 13.0 Å². The summed E-state index contributed by atoms with van der Waals surface area (Å²) in [4.78, 5) is 0.250. The fourth-order valence-electron chi connectivity index (χ4n) is 2.99. The molecule has 0 fully saturated rings. The van der Waals surface area contributed by atoms with E-state index in [0.29, 0.717) is 29.2 Å². The van der Waals surface area contributed by atoms with Crippen LogP contribution in [0.25, 0.3) is 0 Å². The van der Waals surface area contributed by atoms with E-state index in [0.717, 1.165) is 11.1 Å². The largest absolute Gasteiger partial charge is 0.496 e. The van der Waals surface area contributed by atoms with Gasteiger partial charge in [0.1, 0.15) is 5.75 Å². The molecule has 0 saturated heterocycles. The lowest BCUT2D eigenvalue weighted by molar-refractivity contribution is 0.354. The smallest absolute Gasteiger partial charge is 0.241 e. The molecule has 0 spiro atoms. The van der Waals surface area contributed by atoms with E-state index in [2.05, 4.69) is 4.72 Å². The van der Waals surface area contributed by atoms with Gasteiger partial charge in [-0.15, -0.1) is 0 Å². The molecule has 0 amide bonds. The number of hydrogen-bond donors (Lipinski definition) is 1. The van der Waals surface area contributed by atoms with Crippen molar-refractivity contribution in [1.82, 2.24) is 4.72 Å². The monoisotopic (exact) mass is 393 g/mol. The lowest BCUT2D eigenvalue weighted by Crippen LogP contribution is -2.29. The van der Waals surface area contributed by atoms with E-state index in [4.69, 9.17) is 14.2 Å². The molecule has 2 aromatic rings. The fraction of sp³-hybridized carbons (Fsp3) is 0.400. The van der Waals surface area contributed by atoms with Crippen LogP contribution in [0.3, 0.4) is 0 Å². The van der Waals surface area contributed by atoms with Crippen LogP contribution in [0.15, 0.2) is 35.2 Å². The first-order chi connectivity index (χ1) is 12.8. The molecule has 0 bridgehead atoms. The molecule has 27 heavy (non-hydrogen) atoms. The van der Waals surface area contributed by atoms with Gasteiger partial charge < -0.3 is 14.2 Å². The summed E-state index contributed by atoms with van der Waals surface area (Å²) in [6.07, 6.45) is 0.586. The van der Waals surface area contributed by atoms with Gasteiger partial charge in [0.25, 0.3) is 0 Å². The Morgan fingerprint density at radius 3 is 2.04 bits per heavy atom. The highest BCUT2D eigenvalue weighted by molar-refractivity contribution is 7.89. The summed E-state index contributed by atoms with van der Waals surface area (Å²) in [7, 11) is 0.971. The van der Waals surface area contributed by atoms with E-state index in [-0.39, 0.29) is 4.90 Å². The maximum absolute atomic E-state index is 13.0. The van der Waals surface area contributed by atoms with Gasteiger partial charge in [-0.2, -0.15) is 0 Å². The third-order valence-electron chi connectivity index (χ3n) is 4.71. The third kappa shape index (κ3) is 4.36. The van der Waals surface area contributed by atoms with Crippen LogP contribution < -0.4 is 18.9 Å². The highest BCUT2D eigenvalue weighted by atomic mass is 32.2. The molecule has 0 aliphatic rings. The van der Waals surface area contributed by atoms with Crippen molar-refractivity contribution in [3.63, 3.8) is 0 Å². The van der Waals surface area contributed by atoms with Crippen molar-refractivity contribution >= 4 is 10.0 Å². The Labute approximate surface area is 161 Å². The molecule has 2 rings (SSSR count). The third-order valence-corrected chi connectivity index (χ3v) is 6.33. The minimum Gasteiger partial charge on any atom is -0.496 e. The molecule has 0 aliphatic heterocycles. The Morgan fingerprint density at radius 2 is 1.48 bits per heavy atom. The molecule has 0 saturated carbocycles. The molecule has 148 valence electrons. The maximum atomic E-state index is 13.0. The van der Waals surface area contributed by atoms with Gasteiger partial charge in [0, 0.05) is 6.04 Å². The van der Waals surface area contributed by atoms with E-state index in [1.165, 1.54) is 0 Å². The van der Waals surface area contributed by atoms with Crippen LogP contribution in [0.5, 0.6) is 17.2 Å². The standard InChI is InChI=1S/C20H27NO5S/c1-7-16(15-8-9-18(25-5)19(12-15)26-6)21-27(22,23)20-11-10-17(24-4)13(2)14(20)3/h8-12,16,21H,7H2,1-6H3. The zero-order valence-electron chi connectivity index (χ0n) is 16.6. The predicted molar refractivity (Wildman–Crippen MR) is 105 cm³/mol. The average Bonchev–Trinajstić information content (AvgIpc) is 2.67. The van der Waals surface area contributed by atoms with Crippen molar-refractivity contribution < 1.29 is 22.6 Å². The number of benzene rings is 2. The molecular weight excluding hydrogens is 366 g/mol. The molecule has 6 nitrogen and oxygen atoms in total. The zero-order valence-corrected chi connectivity index (χ0v) is 17.4. The van der Waals surface area contributed by atoms with Crippen molar-refractivity contribution in [2.24, 2.45) is 0 Å². The minimum atomic E-state index is -3.71. The Morgan fingerprint density at radius 1 is 0.889 bits per heavy atom. The van der Waals surface area contributed by atoms with Crippen molar-refractivity contribution in [3.8, 4) is 17.2 Å². The summed E-state index contributed by atoms with van der Waals surface area (Å²) in [5, 5.41) is 0. The van der Waals surface area contributed by atoms with E-state index in [9.17, 15) is 8.42 Å². The second kappa shape index (κ2) is 8.63. The van der Waals surface area contributed by atoms with Gasteiger partial charge in [0.2, 0.25) is 10.0 Å². The van der Waals surface area contributed by atoms with Gasteiger partial charge in [0.15, 0.2) is 11.5 Å². The molecule has 2 aromatic carbocycles. The van der Waals surface area contributed by atoms with Crippen molar-refractivity contribution in [1.29, 1.82) is 0 Å². The summed E-state index contributed by atoms with van der Waals surface area (Å²) < 4.78 is 44.7. The second-order valence-corrected chi connectivity index (χ2v) is 7.89. The summed E-state index contributed by atoms with van der Waals surface area (Å²) in [6.45, 7) is 5.55. The average molecular weight is 394 g/mol. The lowest BCUT2D eigenvalue weighted by atomic mass is 10.1. The SMILES string of the molecule is CCC(NS(=O)(=O)c1ccc(OC)c(C)c1C)c1ccc(OC)c(OC)c1. The van der Waals surface area contributed by atoms with E-state index < -0.39 is 16.1 Å². The van der Waals surface area contributed by atoms with Gasteiger partial charge in [-0.25, -0.2) is 13.1 Å². The van der Waals surface area contributed by atoms with E-state index >= 15 is 0 Å². The topological polar surface area (TPSA) is 73.9 Å². The molecule has 7 heteroatoms. The number of ether oxygens (including phenoxy) is 3. The first-order valence-corrected chi connectivity index (χ1v) is 10.2. The fourth-order valence-corrected chi connectivity index (χ4v) is 4.60. The number of sulfonamides is 1. The molecule has 0 aliphatic carbocycles. The van der Waals surface area contributed by atoms with Crippen LogP contribution in [0, 0.1) is 13.8 Å². The summed E-state index contributed by atoms with van der Waals surface area (Å²) in [5.74, 6) is 1.82. The van der Waals surface area contributed by atoms with Crippen molar-refractivity contribution in [2.45, 2.75) is 38.1 Å². The first kappa shape index (κ1) is 21.1. The van der Waals surface area contributed by atoms with Crippen LogP contribution in [-0.4, -0.2) is 29.7 Å². The van der Waals surface area contributed by atoms with Crippen LogP contribution >= 0.6 is 0 Å². The zero-order chi connectivity index (χ0) is 20.2. The highest BCUT2D eigenvalue weighted by Crippen LogP contribution is 2.32. The van der Waals surface area contributed by atoms with Crippen LogP contribution in [0.2, 0.25) is 0 Å². The number of rotatable bonds is 8. The Balaban J connectivity index is 2.39. The summed E-state index contributed by atoms with van der Waals surface area (Å²) >= 11 is 0. The van der Waals surface area contributed by atoms with Crippen molar-refractivity contribution in [2.75, 3.05) is 21.3 Å². The van der Waals surface area contributed by atoms with Crippen molar-refractivity contribution in [3.05, 3.63) is 47.0 Å². The molecule has 1 N–H and O–H groups in total. The Kier molecular flexibility index (Phi) is 6.73. The summed E-state index contributed by atoms with van der Waals surface area (Å²) in [5.41, 5.74) is 2.28. The number of methoxy groups -OCH3 is 3. The predicted octanol–water partition coefficient (Wildman–Crippen LogP) is 3.76. The highest BCUT2D eigenvalue weighted by Gasteiger charge is 2.24. The Bertz CT molecular complexity index is 909. The number of nitrogens with one attached hydrogen (secondary N) is 1. The molecule has 0 aromatic heterocycles. The summed E-state index contributed by atoms with van der Waals surface area (Å²) in [6, 6.07) is 8.26. The minimum absolute atomic E-state index is 0.250. The van der Waals surface area contributed by atoms with E-state index in [1.807, 2.05) is 19.9 Å². The van der Waals surface area contributed by atoms with Crippen LogP contribution in [-0.2, 0) is 10.0 Å². The van der Waals surface area contributed by atoms with E-state index in [1.54, 1.807) is 52.5 Å². The maximum Gasteiger partial charge on any atom is 0.241 e. The molecule has 0 heterocycles. The number of hydrogen-bond acceptors (Lipinski definition) is 5. The molecule has 0 radical (unpaired) electrons. The molecular formula is C20H27NO5S. The van der Waals surface area contributed by atoms with Crippen LogP contribution in [0.1, 0.15) is 36.1 Å². The second-order valence-electron chi connectivity index (χ2n) is 6.21. The lowest BCUT2D eigenvalue weighted by Gasteiger charge is -2.20. The Hall–Kier alpha value is -2.25. The quantitative estimate of drug-likeness (QED) is 0.739. The van der Waals surface area contributed by atoms with Gasteiger partial charge in [-0.3, -0.25) is 0 Å². The van der Waals surface area contributed by atoms with Gasteiger partial charge in [-0.05, 0) is 61.2 Å². The van der Waals surface area contributed by atoms with Crippen LogP contribution in [0.4, 0.5) is 0 Å². The van der Waals surface area contributed by atoms with Gasteiger partial charge >= 0.3 is 0 Å². The molecule has 1 unspecified atom stereocenters. The first-order valence-electron chi connectivity index (χ1n) is 8.67.